The molecule has 0 aliphatic carbocycles. The summed E-state index contributed by atoms with van der Waals surface area (Å²) in [5.41, 5.74) is 3.10. The first kappa shape index (κ1) is 20.4. The summed E-state index contributed by atoms with van der Waals surface area (Å²) in [5.74, 6) is -0.418. The van der Waals surface area contributed by atoms with Crippen LogP contribution in [-0.4, -0.2) is 20.5 Å². The highest BCUT2D eigenvalue weighted by molar-refractivity contribution is 6.11. The molecule has 1 aromatic carbocycles. The predicted molar refractivity (Wildman–Crippen MR) is 105 cm³/mol. The van der Waals surface area contributed by atoms with Gasteiger partial charge in [0.2, 0.25) is 5.78 Å². The van der Waals surface area contributed by atoms with Crippen molar-refractivity contribution in [2.75, 3.05) is 0 Å². The van der Waals surface area contributed by atoms with Crippen LogP contribution < -0.4 is 5.56 Å². The third-order valence-corrected chi connectivity index (χ3v) is 4.82. The Morgan fingerprint density at radius 1 is 1.19 bits per heavy atom. The number of nitro groups is 1. The molecule has 0 aliphatic rings. The molecule has 1 heterocycles. The zero-order valence-corrected chi connectivity index (χ0v) is 16.6. The Morgan fingerprint density at radius 3 is 2.33 bits per heavy atom. The molecule has 2 rings (SSSR count). The Balaban J connectivity index is 2.73. The van der Waals surface area contributed by atoms with E-state index in [1.54, 1.807) is 20.8 Å². The number of hydrogen-bond donors (Lipinski definition) is 1. The molecule has 2 aromatic rings. The van der Waals surface area contributed by atoms with E-state index in [1.807, 2.05) is 20.8 Å². The minimum Gasteiger partial charge on any atom is -0.299 e. The van der Waals surface area contributed by atoms with E-state index in [9.17, 15) is 19.7 Å². The molecule has 144 valence electrons. The smallest absolute Gasteiger partial charge is 0.278 e. The average Bonchev–Trinajstić information content (AvgIpc) is 2.87. The zero-order chi connectivity index (χ0) is 20.5. The lowest BCUT2D eigenvalue weighted by atomic mass is 9.90. The van der Waals surface area contributed by atoms with E-state index >= 15 is 0 Å². The number of aromatic nitrogens is 2. The van der Waals surface area contributed by atoms with Crippen molar-refractivity contribution in [1.82, 2.24) is 9.78 Å². The highest BCUT2D eigenvalue weighted by Crippen LogP contribution is 2.33. The van der Waals surface area contributed by atoms with Gasteiger partial charge < -0.3 is 0 Å². The molecular formula is C20H25N3O4. The summed E-state index contributed by atoms with van der Waals surface area (Å²) in [6, 6.07) is 2.78. The fourth-order valence-corrected chi connectivity index (χ4v) is 3.21. The number of hydrogen-bond acceptors (Lipinski definition) is 4. The lowest BCUT2D eigenvalue weighted by Crippen LogP contribution is -2.22. The molecule has 0 saturated heterocycles. The first-order valence-electron chi connectivity index (χ1n) is 8.88. The monoisotopic (exact) mass is 371 g/mol. The number of carbonyl (C=O) groups excluding carboxylic acids is 1. The largest absolute Gasteiger partial charge is 0.299 e. The maximum absolute atomic E-state index is 13.1. The van der Waals surface area contributed by atoms with Crippen LogP contribution in [0.25, 0.3) is 5.57 Å². The van der Waals surface area contributed by atoms with Crippen LogP contribution in [0.3, 0.4) is 0 Å². The number of aryl methyl sites for hydroxylation is 2. The Kier molecular flexibility index (Phi) is 5.83. The minimum absolute atomic E-state index is 0.0445. The summed E-state index contributed by atoms with van der Waals surface area (Å²) in [5, 5.41) is 14.4. The van der Waals surface area contributed by atoms with Crippen LogP contribution in [0.2, 0.25) is 0 Å². The van der Waals surface area contributed by atoms with Crippen LogP contribution in [0.5, 0.6) is 0 Å². The van der Waals surface area contributed by atoms with Gasteiger partial charge in [-0.2, -0.15) is 0 Å². The van der Waals surface area contributed by atoms with Gasteiger partial charge in [-0.25, -0.2) is 0 Å². The van der Waals surface area contributed by atoms with Crippen LogP contribution in [0.15, 0.2) is 22.5 Å². The van der Waals surface area contributed by atoms with Crippen molar-refractivity contribution in [1.29, 1.82) is 0 Å². The van der Waals surface area contributed by atoms with Gasteiger partial charge in [-0.3, -0.25) is 29.5 Å². The number of ketones is 1. The number of nitrogens with zero attached hydrogens (tertiary/aromatic N) is 2. The number of nitrogens with one attached hydrogen (secondary N) is 1. The maximum Gasteiger partial charge on any atom is 0.278 e. The molecule has 0 bridgehead atoms. The van der Waals surface area contributed by atoms with Crippen molar-refractivity contribution in [3.8, 4) is 0 Å². The van der Waals surface area contributed by atoms with E-state index in [4.69, 9.17) is 0 Å². The summed E-state index contributed by atoms with van der Waals surface area (Å²) in [6.45, 7) is 11.3. The van der Waals surface area contributed by atoms with E-state index in [2.05, 4.69) is 5.10 Å². The number of H-pyrrole nitrogens is 1. The molecule has 0 radical (unpaired) electrons. The highest BCUT2D eigenvalue weighted by atomic mass is 16.6. The lowest BCUT2D eigenvalue weighted by molar-refractivity contribution is -0.385. The Labute approximate surface area is 157 Å². The number of allylic oxidation sites excluding steroid dienone is 2. The summed E-state index contributed by atoms with van der Waals surface area (Å²) in [4.78, 5) is 36.8. The Morgan fingerprint density at radius 2 is 1.81 bits per heavy atom. The number of carbonyl (C=O) groups is 1. The third-order valence-electron chi connectivity index (χ3n) is 4.82. The first-order chi connectivity index (χ1) is 12.6. The number of rotatable bonds is 6. The van der Waals surface area contributed by atoms with E-state index in [0.29, 0.717) is 28.9 Å². The summed E-state index contributed by atoms with van der Waals surface area (Å²) >= 11 is 0. The highest BCUT2D eigenvalue weighted by Gasteiger charge is 2.26. The molecule has 7 heteroatoms. The van der Waals surface area contributed by atoms with Crippen LogP contribution in [-0.2, 0) is 6.54 Å². The van der Waals surface area contributed by atoms with Crippen LogP contribution >= 0.6 is 0 Å². The van der Waals surface area contributed by atoms with Crippen molar-refractivity contribution in [2.24, 2.45) is 0 Å². The minimum atomic E-state index is -0.446. The van der Waals surface area contributed by atoms with Gasteiger partial charge in [0.25, 0.3) is 11.2 Å². The standard InChI is InChI=1S/C20H25N3O4/c1-7-10-22-20(25)18(14(6)21-22)19(24)15-8-9-16(23(26)27)17(13(15)5)12(4)11(2)3/h8-9,21H,7,10H2,1-6H3. The predicted octanol–water partition coefficient (Wildman–Crippen LogP) is 4.16. The molecule has 0 fully saturated rings. The second kappa shape index (κ2) is 7.73. The first-order valence-corrected chi connectivity index (χ1v) is 8.88. The van der Waals surface area contributed by atoms with E-state index in [-0.39, 0.29) is 16.8 Å². The zero-order valence-electron chi connectivity index (χ0n) is 16.6. The molecule has 0 aliphatic heterocycles. The molecule has 1 aromatic heterocycles. The SMILES string of the molecule is CCCn1[nH]c(C)c(C(=O)c2ccc([N+](=O)[O-])c(C(C)=C(C)C)c2C)c1=O. The van der Waals surface area contributed by atoms with Crippen molar-refractivity contribution in [3.63, 3.8) is 0 Å². The van der Waals surface area contributed by atoms with E-state index in [1.165, 1.54) is 16.8 Å². The molecule has 0 spiro atoms. The van der Waals surface area contributed by atoms with Crippen molar-refractivity contribution < 1.29 is 9.72 Å². The molecule has 27 heavy (non-hydrogen) atoms. The molecule has 7 nitrogen and oxygen atoms in total. The van der Waals surface area contributed by atoms with Gasteiger partial charge in [0.15, 0.2) is 0 Å². The number of aromatic amines is 1. The molecular weight excluding hydrogens is 346 g/mol. The normalized spacial score (nSPS) is 10.7. The molecule has 0 saturated carbocycles. The fourth-order valence-electron chi connectivity index (χ4n) is 3.21. The molecule has 1 N–H and O–H groups in total. The number of nitro benzene ring substituents is 1. The summed E-state index contributed by atoms with van der Waals surface area (Å²) < 4.78 is 1.42. The molecule has 0 amide bonds. The van der Waals surface area contributed by atoms with Crippen LogP contribution in [0.1, 0.15) is 66.9 Å². The summed E-state index contributed by atoms with van der Waals surface area (Å²) in [6.07, 6.45) is 0.758. The van der Waals surface area contributed by atoms with Gasteiger partial charge in [0, 0.05) is 23.9 Å². The fraction of sp³-hybridized carbons (Fsp3) is 0.400. The number of benzene rings is 1. The molecule has 0 atom stereocenters. The maximum atomic E-state index is 13.1. The average molecular weight is 371 g/mol. The lowest BCUT2D eigenvalue weighted by Gasteiger charge is -2.13. The van der Waals surface area contributed by atoms with Gasteiger partial charge in [-0.1, -0.05) is 12.5 Å². The van der Waals surface area contributed by atoms with Crippen molar-refractivity contribution in [3.05, 3.63) is 66.1 Å². The van der Waals surface area contributed by atoms with E-state index < -0.39 is 10.7 Å². The summed E-state index contributed by atoms with van der Waals surface area (Å²) in [7, 11) is 0. The Bertz CT molecular complexity index is 1000. The van der Waals surface area contributed by atoms with Gasteiger partial charge in [-0.15, -0.1) is 0 Å². The molecule has 0 unspecified atom stereocenters. The van der Waals surface area contributed by atoms with Crippen molar-refractivity contribution >= 4 is 17.0 Å². The van der Waals surface area contributed by atoms with E-state index in [0.717, 1.165) is 17.6 Å². The van der Waals surface area contributed by atoms with Crippen molar-refractivity contribution in [2.45, 2.75) is 54.5 Å². The Hall–Kier alpha value is -2.96. The topological polar surface area (TPSA) is 98.0 Å². The van der Waals surface area contributed by atoms with Gasteiger partial charge >= 0.3 is 0 Å². The third kappa shape index (κ3) is 3.63. The van der Waals surface area contributed by atoms with Gasteiger partial charge in [0.05, 0.1) is 10.5 Å². The second-order valence-corrected chi connectivity index (χ2v) is 6.91. The second-order valence-electron chi connectivity index (χ2n) is 6.91. The van der Waals surface area contributed by atoms with Crippen LogP contribution in [0.4, 0.5) is 5.69 Å². The van der Waals surface area contributed by atoms with Gasteiger partial charge in [0.1, 0.15) is 5.56 Å². The van der Waals surface area contributed by atoms with Crippen LogP contribution in [0, 0.1) is 24.0 Å². The van der Waals surface area contributed by atoms with Gasteiger partial charge in [-0.05, 0) is 58.2 Å². The quantitative estimate of drug-likeness (QED) is 0.468.